The van der Waals surface area contributed by atoms with Crippen molar-refractivity contribution >= 4 is 32.7 Å². The third kappa shape index (κ3) is 4.22. The Kier molecular flexibility index (Phi) is 5.71. The molecular formula is C26H26N4O3S. The smallest absolute Gasteiger partial charge is 0.238 e. The van der Waals surface area contributed by atoms with Crippen LogP contribution in [-0.2, 0) is 34.2 Å². The lowest BCUT2D eigenvalue weighted by atomic mass is 10.1. The van der Waals surface area contributed by atoms with E-state index in [1.807, 2.05) is 22.8 Å². The highest BCUT2D eigenvalue weighted by Crippen LogP contribution is 2.37. The average Bonchev–Trinajstić information content (AvgIpc) is 3.34. The van der Waals surface area contributed by atoms with Crippen molar-refractivity contribution in [3.05, 3.63) is 77.6 Å². The number of benzene rings is 3. The van der Waals surface area contributed by atoms with Gasteiger partial charge in [-0.1, -0.05) is 37.3 Å². The topological polar surface area (TPSA) is 107 Å². The number of fused-ring (bicyclic) bond motifs is 4. The summed E-state index contributed by atoms with van der Waals surface area (Å²) in [5.74, 6) is 0.666. The van der Waals surface area contributed by atoms with E-state index in [9.17, 15) is 13.2 Å². The summed E-state index contributed by atoms with van der Waals surface area (Å²) in [5, 5.41) is 8.28. The predicted molar refractivity (Wildman–Crippen MR) is 133 cm³/mol. The van der Waals surface area contributed by atoms with Crippen molar-refractivity contribution in [2.24, 2.45) is 5.14 Å². The van der Waals surface area contributed by atoms with E-state index < -0.39 is 10.0 Å². The lowest BCUT2D eigenvalue weighted by Gasteiger charge is -2.09. The van der Waals surface area contributed by atoms with Gasteiger partial charge in [0.2, 0.25) is 15.9 Å². The molecule has 1 aliphatic rings. The maximum atomic E-state index is 12.7. The first kappa shape index (κ1) is 22.3. The van der Waals surface area contributed by atoms with Crippen LogP contribution in [0.4, 0.5) is 5.69 Å². The molecule has 0 spiro atoms. The van der Waals surface area contributed by atoms with Crippen LogP contribution in [0.15, 0.2) is 65.6 Å². The molecule has 34 heavy (non-hydrogen) atoms. The van der Waals surface area contributed by atoms with Crippen LogP contribution in [0.1, 0.15) is 36.7 Å². The minimum absolute atomic E-state index is 0.0317. The SMILES string of the molecule is CCCn1c(CCC(=O)Nc2ccc3c(c2)Cc2ccccc2-3)nc2cc(S(N)(=O)=O)ccc21. The highest BCUT2D eigenvalue weighted by atomic mass is 32.2. The zero-order valence-electron chi connectivity index (χ0n) is 18.9. The molecule has 5 rings (SSSR count). The van der Waals surface area contributed by atoms with Crippen LogP contribution in [-0.4, -0.2) is 23.9 Å². The molecule has 0 saturated heterocycles. The van der Waals surface area contributed by atoms with E-state index in [2.05, 4.69) is 41.5 Å². The summed E-state index contributed by atoms with van der Waals surface area (Å²) in [6.45, 7) is 2.79. The molecule has 1 aliphatic carbocycles. The Balaban J connectivity index is 1.31. The third-order valence-electron chi connectivity index (χ3n) is 6.23. The number of primary sulfonamides is 1. The van der Waals surface area contributed by atoms with Gasteiger partial charge in [-0.05, 0) is 65.4 Å². The van der Waals surface area contributed by atoms with E-state index >= 15 is 0 Å². The molecule has 0 bridgehead atoms. The van der Waals surface area contributed by atoms with Gasteiger partial charge in [0.1, 0.15) is 5.82 Å². The Morgan fingerprint density at radius 2 is 1.85 bits per heavy atom. The molecule has 4 aromatic rings. The van der Waals surface area contributed by atoms with Gasteiger partial charge in [0.25, 0.3) is 0 Å². The standard InChI is InChI=1S/C26H26N4O3S/c1-2-13-30-24-10-8-20(34(27,32)33)16-23(24)29-25(30)11-12-26(31)28-19-7-9-22-18(15-19)14-17-5-3-4-6-21(17)22/h3-10,15-16H,2,11-14H2,1H3,(H,28,31)(H2,27,32,33). The second-order valence-corrected chi connectivity index (χ2v) is 10.2. The zero-order chi connectivity index (χ0) is 23.9. The number of hydrogen-bond donors (Lipinski definition) is 2. The highest BCUT2D eigenvalue weighted by molar-refractivity contribution is 7.89. The second-order valence-electron chi connectivity index (χ2n) is 8.63. The number of rotatable bonds is 7. The first-order chi connectivity index (χ1) is 16.3. The fourth-order valence-electron chi connectivity index (χ4n) is 4.67. The zero-order valence-corrected chi connectivity index (χ0v) is 19.7. The Morgan fingerprint density at radius 3 is 2.65 bits per heavy atom. The van der Waals surface area contributed by atoms with Crippen LogP contribution in [0.25, 0.3) is 22.2 Å². The van der Waals surface area contributed by atoms with Crippen molar-refractivity contribution < 1.29 is 13.2 Å². The number of nitrogens with one attached hydrogen (secondary N) is 1. The van der Waals surface area contributed by atoms with E-state index in [0.29, 0.717) is 11.9 Å². The van der Waals surface area contributed by atoms with Crippen molar-refractivity contribution in [3.63, 3.8) is 0 Å². The minimum atomic E-state index is -3.81. The first-order valence-electron chi connectivity index (χ1n) is 11.4. The Bertz CT molecular complexity index is 1520. The van der Waals surface area contributed by atoms with Gasteiger partial charge >= 0.3 is 0 Å². The van der Waals surface area contributed by atoms with E-state index in [4.69, 9.17) is 5.14 Å². The average molecular weight is 475 g/mol. The fraction of sp³-hybridized carbons (Fsp3) is 0.231. The van der Waals surface area contributed by atoms with Crippen LogP contribution < -0.4 is 10.5 Å². The first-order valence-corrected chi connectivity index (χ1v) is 12.9. The molecule has 3 aromatic carbocycles. The number of aromatic nitrogens is 2. The molecule has 174 valence electrons. The van der Waals surface area contributed by atoms with Crippen molar-refractivity contribution in [1.29, 1.82) is 0 Å². The summed E-state index contributed by atoms with van der Waals surface area (Å²) in [4.78, 5) is 17.4. The van der Waals surface area contributed by atoms with Crippen molar-refractivity contribution in [1.82, 2.24) is 9.55 Å². The van der Waals surface area contributed by atoms with E-state index in [0.717, 1.165) is 36.4 Å². The number of aryl methyl sites for hydroxylation is 2. The summed E-state index contributed by atoms with van der Waals surface area (Å²) < 4.78 is 25.5. The number of carbonyl (C=O) groups is 1. The van der Waals surface area contributed by atoms with Gasteiger partial charge in [0, 0.05) is 25.1 Å². The van der Waals surface area contributed by atoms with Gasteiger partial charge in [-0.3, -0.25) is 4.79 Å². The monoisotopic (exact) mass is 474 g/mol. The molecule has 0 atom stereocenters. The summed E-state index contributed by atoms with van der Waals surface area (Å²) in [6, 6.07) is 19.1. The Labute approximate surface area is 198 Å². The molecule has 1 amide bonds. The summed E-state index contributed by atoms with van der Waals surface area (Å²) >= 11 is 0. The number of anilines is 1. The largest absolute Gasteiger partial charge is 0.328 e. The molecule has 1 heterocycles. The highest BCUT2D eigenvalue weighted by Gasteiger charge is 2.19. The molecule has 3 N–H and O–H groups in total. The molecular weight excluding hydrogens is 448 g/mol. The summed E-state index contributed by atoms with van der Waals surface area (Å²) in [7, 11) is -3.81. The van der Waals surface area contributed by atoms with Gasteiger partial charge < -0.3 is 9.88 Å². The van der Waals surface area contributed by atoms with Crippen molar-refractivity contribution in [2.45, 2.75) is 44.0 Å². The third-order valence-corrected chi connectivity index (χ3v) is 7.14. The van der Waals surface area contributed by atoms with Crippen LogP contribution in [0.2, 0.25) is 0 Å². The van der Waals surface area contributed by atoms with Gasteiger partial charge in [0.15, 0.2) is 0 Å². The maximum Gasteiger partial charge on any atom is 0.238 e. The Hall–Kier alpha value is -3.49. The fourth-order valence-corrected chi connectivity index (χ4v) is 5.21. The van der Waals surface area contributed by atoms with Crippen LogP contribution in [0.3, 0.4) is 0 Å². The number of sulfonamides is 1. The minimum Gasteiger partial charge on any atom is -0.328 e. The van der Waals surface area contributed by atoms with Gasteiger partial charge in [-0.25, -0.2) is 18.5 Å². The maximum absolute atomic E-state index is 12.7. The van der Waals surface area contributed by atoms with E-state index in [1.54, 1.807) is 6.07 Å². The lowest BCUT2D eigenvalue weighted by molar-refractivity contribution is -0.116. The summed E-state index contributed by atoms with van der Waals surface area (Å²) in [5.41, 5.74) is 7.19. The second kappa shape index (κ2) is 8.70. The van der Waals surface area contributed by atoms with Gasteiger partial charge in [0.05, 0.1) is 15.9 Å². The summed E-state index contributed by atoms with van der Waals surface area (Å²) in [6.07, 6.45) is 2.48. The number of nitrogens with zero attached hydrogens (tertiary/aromatic N) is 2. The number of nitrogens with two attached hydrogens (primary N) is 1. The molecule has 0 aliphatic heterocycles. The number of imidazole rings is 1. The van der Waals surface area contributed by atoms with E-state index in [1.165, 1.54) is 34.4 Å². The number of carbonyl (C=O) groups excluding carboxylic acids is 1. The number of amides is 1. The van der Waals surface area contributed by atoms with Crippen molar-refractivity contribution in [2.75, 3.05) is 5.32 Å². The predicted octanol–water partition coefficient (Wildman–Crippen LogP) is 4.24. The lowest BCUT2D eigenvalue weighted by Crippen LogP contribution is -2.14. The molecule has 0 radical (unpaired) electrons. The molecule has 0 unspecified atom stereocenters. The molecule has 8 heteroatoms. The molecule has 0 fully saturated rings. The molecule has 0 saturated carbocycles. The van der Waals surface area contributed by atoms with Crippen LogP contribution >= 0.6 is 0 Å². The molecule has 7 nitrogen and oxygen atoms in total. The number of hydrogen-bond acceptors (Lipinski definition) is 4. The van der Waals surface area contributed by atoms with Crippen LogP contribution in [0, 0.1) is 0 Å². The molecule has 1 aromatic heterocycles. The van der Waals surface area contributed by atoms with Crippen LogP contribution in [0.5, 0.6) is 0 Å². The van der Waals surface area contributed by atoms with E-state index in [-0.39, 0.29) is 17.2 Å². The Morgan fingerprint density at radius 1 is 1.06 bits per heavy atom. The van der Waals surface area contributed by atoms with Crippen molar-refractivity contribution in [3.8, 4) is 11.1 Å². The normalized spacial score (nSPS) is 12.5. The van der Waals surface area contributed by atoms with Gasteiger partial charge in [-0.2, -0.15) is 0 Å². The van der Waals surface area contributed by atoms with Gasteiger partial charge in [-0.15, -0.1) is 0 Å². The quantitative estimate of drug-likeness (QED) is 0.368.